The molecular formula is C9H9FO2. The van der Waals surface area contributed by atoms with E-state index in [2.05, 4.69) is 0 Å². The fraction of sp³-hybridized carbons (Fsp3) is 0.333. The maximum atomic E-state index is 12.7. The van der Waals surface area contributed by atoms with E-state index in [0.717, 1.165) is 5.56 Å². The van der Waals surface area contributed by atoms with Gasteiger partial charge in [0.2, 0.25) is 6.36 Å². The molecule has 0 saturated heterocycles. The molecule has 2 rings (SSSR count). The van der Waals surface area contributed by atoms with Gasteiger partial charge in [-0.3, -0.25) is 0 Å². The van der Waals surface area contributed by atoms with E-state index in [1.807, 2.05) is 0 Å². The van der Waals surface area contributed by atoms with E-state index < -0.39 is 6.36 Å². The third-order valence-corrected chi connectivity index (χ3v) is 1.94. The third-order valence-electron chi connectivity index (χ3n) is 1.94. The summed E-state index contributed by atoms with van der Waals surface area (Å²) in [5.74, 6) is 0.751. The minimum atomic E-state index is -1.19. The number of aryl methyl sites for hydroxylation is 1. The first-order valence-electron chi connectivity index (χ1n) is 3.88. The Morgan fingerprint density at radius 2 is 2.33 bits per heavy atom. The molecule has 0 fully saturated rings. The van der Waals surface area contributed by atoms with Crippen LogP contribution in [0.15, 0.2) is 18.2 Å². The van der Waals surface area contributed by atoms with Gasteiger partial charge in [0, 0.05) is 6.42 Å². The van der Waals surface area contributed by atoms with Gasteiger partial charge in [0.05, 0.1) is 0 Å². The first kappa shape index (κ1) is 7.40. The molecule has 1 aliphatic heterocycles. The van der Waals surface area contributed by atoms with Crippen LogP contribution in [0.5, 0.6) is 11.5 Å². The van der Waals surface area contributed by atoms with E-state index in [1.165, 1.54) is 6.07 Å². The number of hydrogen-bond donors (Lipinski definition) is 1. The lowest BCUT2D eigenvalue weighted by molar-refractivity contribution is 0.0476. The largest absolute Gasteiger partial charge is 0.508 e. The first-order valence-corrected chi connectivity index (χ1v) is 3.88. The maximum absolute atomic E-state index is 12.7. The van der Waals surface area contributed by atoms with Gasteiger partial charge in [0.15, 0.2) is 0 Å². The molecule has 3 heteroatoms. The fourth-order valence-corrected chi connectivity index (χ4v) is 1.34. The molecule has 64 valence electrons. The summed E-state index contributed by atoms with van der Waals surface area (Å²) >= 11 is 0. The standard InChI is InChI=1S/C9H9FO2/c10-9-4-1-6-5-7(11)2-3-8(6)12-9/h2-3,5,9,11H,1,4H2. The van der Waals surface area contributed by atoms with Crippen molar-refractivity contribution in [1.29, 1.82) is 0 Å². The SMILES string of the molecule is Oc1ccc2c(c1)CCC(F)O2. The Hall–Kier alpha value is -1.25. The molecule has 1 unspecified atom stereocenters. The molecule has 0 bridgehead atoms. The van der Waals surface area contributed by atoms with Gasteiger partial charge in [-0.2, -0.15) is 0 Å². The van der Waals surface area contributed by atoms with Crippen molar-refractivity contribution in [2.24, 2.45) is 0 Å². The van der Waals surface area contributed by atoms with Crippen molar-refractivity contribution in [1.82, 2.24) is 0 Å². The van der Waals surface area contributed by atoms with Crippen molar-refractivity contribution < 1.29 is 14.2 Å². The molecule has 0 saturated carbocycles. The first-order chi connectivity index (χ1) is 5.75. The van der Waals surface area contributed by atoms with Crippen LogP contribution in [0, 0.1) is 0 Å². The number of halogens is 1. The van der Waals surface area contributed by atoms with E-state index in [9.17, 15) is 4.39 Å². The Kier molecular flexibility index (Phi) is 1.64. The van der Waals surface area contributed by atoms with E-state index in [-0.39, 0.29) is 5.75 Å². The van der Waals surface area contributed by atoms with Crippen LogP contribution in [-0.4, -0.2) is 11.5 Å². The predicted molar refractivity (Wildman–Crippen MR) is 42.0 cm³/mol. The lowest BCUT2D eigenvalue weighted by Gasteiger charge is -2.20. The number of rotatable bonds is 0. The van der Waals surface area contributed by atoms with Gasteiger partial charge in [0.25, 0.3) is 0 Å². The summed E-state index contributed by atoms with van der Waals surface area (Å²) in [6, 6.07) is 4.70. The highest BCUT2D eigenvalue weighted by Crippen LogP contribution is 2.30. The zero-order valence-corrected chi connectivity index (χ0v) is 6.46. The minimum absolute atomic E-state index is 0.203. The highest BCUT2D eigenvalue weighted by Gasteiger charge is 2.18. The quantitative estimate of drug-likeness (QED) is 0.642. The molecular weight excluding hydrogens is 159 g/mol. The normalized spacial score (nSPS) is 21.2. The zero-order valence-electron chi connectivity index (χ0n) is 6.46. The van der Waals surface area contributed by atoms with Crippen molar-refractivity contribution in [3.8, 4) is 11.5 Å². The second-order valence-corrected chi connectivity index (χ2v) is 2.86. The molecule has 0 spiro atoms. The third kappa shape index (κ3) is 1.22. The van der Waals surface area contributed by atoms with Crippen molar-refractivity contribution in [3.63, 3.8) is 0 Å². The summed E-state index contributed by atoms with van der Waals surface area (Å²) in [6.45, 7) is 0. The molecule has 0 aliphatic carbocycles. The Morgan fingerprint density at radius 1 is 1.50 bits per heavy atom. The highest BCUT2D eigenvalue weighted by atomic mass is 19.1. The van der Waals surface area contributed by atoms with Crippen LogP contribution in [0.25, 0.3) is 0 Å². The summed E-state index contributed by atoms with van der Waals surface area (Å²) in [6.07, 6.45) is -0.191. The van der Waals surface area contributed by atoms with Crippen molar-refractivity contribution >= 4 is 0 Å². The average Bonchev–Trinajstić information content (AvgIpc) is 2.05. The van der Waals surface area contributed by atoms with Gasteiger partial charge in [-0.1, -0.05) is 0 Å². The number of benzene rings is 1. The predicted octanol–water partition coefficient (Wildman–Crippen LogP) is 2.01. The van der Waals surface area contributed by atoms with Crippen LogP contribution >= 0.6 is 0 Å². The number of fused-ring (bicyclic) bond motifs is 1. The van der Waals surface area contributed by atoms with E-state index in [0.29, 0.717) is 18.6 Å². The van der Waals surface area contributed by atoms with Crippen molar-refractivity contribution in [2.75, 3.05) is 0 Å². The van der Waals surface area contributed by atoms with Crippen LogP contribution in [-0.2, 0) is 6.42 Å². The molecule has 0 amide bonds. The van der Waals surface area contributed by atoms with Gasteiger partial charge in [-0.05, 0) is 30.2 Å². The lowest BCUT2D eigenvalue weighted by Crippen LogP contribution is -2.17. The summed E-state index contributed by atoms with van der Waals surface area (Å²) in [7, 11) is 0. The monoisotopic (exact) mass is 168 g/mol. The van der Waals surface area contributed by atoms with Crippen LogP contribution in [0.1, 0.15) is 12.0 Å². The zero-order chi connectivity index (χ0) is 8.55. The Bertz CT molecular complexity index is 299. The molecule has 1 N–H and O–H groups in total. The molecule has 0 aromatic heterocycles. The van der Waals surface area contributed by atoms with E-state index in [1.54, 1.807) is 12.1 Å². The number of phenolic OH excluding ortho intramolecular Hbond substituents is 1. The van der Waals surface area contributed by atoms with Gasteiger partial charge in [0.1, 0.15) is 11.5 Å². The molecule has 1 aromatic rings. The van der Waals surface area contributed by atoms with Gasteiger partial charge in [-0.15, -0.1) is 0 Å². The molecule has 1 aliphatic rings. The Morgan fingerprint density at radius 3 is 3.17 bits per heavy atom. The average molecular weight is 168 g/mol. The molecule has 0 radical (unpaired) electrons. The molecule has 12 heavy (non-hydrogen) atoms. The number of aromatic hydroxyl groups is 1. The summed E-state index contributed by atoms with van der Waals surface area (Å²) in [4.78, 5) is 0. The van der Waals surface area contributed by atoms with Gasteiger partial charge >= 0.3 is 0 Å². The van der Waals surface area contributed by atoms with Crippen LogP contribution in [0.3, 0.4) is 0 Å². The van der Waals surface area contributed by atoms with Crippen LogP contribution < -0.4 is 4.74 Å². The van der Waals surface area contributed by atoms with Gasteiger partial charge in [-0.25, -0.2) is 4.39 Å². The molecule has 1 heterocycles. The number of alkyl halides is 1. The van der Waals surface area contributed by atoms with E-state index >= 15 is 0 Å². The van der Waals surface area contributed by atoms with Gasteiger partial charge < -0.3 is 9.84 Å². The van der Waals surface area contributed by atoms with Crippen LogP contribution in [0.2, 0.25) is 0 Å². The van der Waals surface area contributed by atoms with Crippen molar-refractivity contribution in [3.05, 3.63) is 23.8 Å². The smallest absolute Gasteiger partial charge is 0.238 e. The second kappa shape index (κ2) is 2.66. The van der Waals surface area contributed by atoms with E-state index in [4.69, 9.17) is 9.84 Å². The maximum Gasteiger partial charge on any atom is 0.238 e. The van der Waals surface area contributed by atoms with Crippen molar-refractivity contribution in [2.45, 2.75) is 19.2 Å². The summed E-state index contributed by atoms with van der Waals surface area (Å²) < 4.78 is 17.6. The lowest BCUT2D eigenvalue weighted by atomic mass is 10.1. The topological polar surface area (TPSA) is 29.5 Å². The fourth-order valence-electron chi connectivity index (χ4n) is 1.34. The minimum Gasteiger partial charge on any atom is -0.508 e. The molecule has 1 aromatic carbocycles. The Labute approximate surface area is 69.6 Å². The molecule has 1 atom stereocenters. The second-order valence-electron chi connectivity index (χ2n) is 2.86. The summed E-state index contributed by atoms with van der Waals surface area (Å²) in [5.41, 5.74) is 0.879. The number of ether oxygens (including phenoxy) is 1. The Balaban J connectivity index is 2.37. The highest BCUT2D eigenvalue weighted by molar-refractivity contribution is 5.40. The van der Waals surface area contributed by atoms with Crippen LogP contribution in [0.4, 0.5) is 4.39 Å². The number of phenols is 1. The number of hydrogen-bond acceptors (Lipinski definition) is 2. The molecule has 2 nitrogen and oxygen atoms in total. The summed E-state index contributed by atoms with van der Waals surface area (Å²) in [5, 5.41) is 9.10.